The first-order valence-corrected chi connectivity index (χ1v) is 10.6. The smallest absolute Gasteiger partial charge is 0.139 e. The van der Waals surface area contributed by atoms with E-state index in [-0.39, 0.29) is 0 Å². The van der Waals surface area contributed by atoms with Crippen LogP contribution in [-0.4, -0.2) is 32.8 Å². The maximum absolute atomic E-state index is 5.06. The van der Waals surface area contributed by atoms with E-state index >= 15 is 0 Å². The average molecular weight is 409 g/mol. The number of fused-ring (bicyclic) bond motifs is 8. The molecule has 0 saturated carbocycles. The SMILES string of the molecule is Bc1ccc2c3ccc(-n4nnc5ccccc54)cc3c3nc4ccccc4nc3c2c1. The molecule has 0 fully saturated rings. The zero-order chi connectivity index (χ0) is 21.2. The molecule has 7 rings (SSSR count). The second-order valence-electron chi connectivity index (χ2n) is 8.18. The monoisotopic (exact) mass is 409 g/mol. The minimum Gasteiger partial charge on any atom is -0.244 e. The minimum absolute atomic E-state index is 0.872. The van der Waals surface area contributed by atoms with E-state index in [9.17, 15) is 0 Å². The Bertz CT molecular complexity index is 1850. The molecule has 6 heteroatoms. The van der Waals surface area contributed by atoms with Crippen LogP contribution in [-0.2, 0) is 0 Å². The van der Waals surface area contributed by atoms with Crippen molar-refractivity contribution in [2.75, 3.05) is 0 Å². The Morgan fingerprint density at radius 1 is 0.594 bits per heavy atom. The van der Waals surface area contributed by atoms with E-state index in [1.807, 2.05) is 53.2 Å². The molecule has 5 aromatic carbocycles. The summed E-state index contributed by atoms with van der Waals surface area (Å²) in [7, 11) is 2.11. The molecule has 2 heterocycles. The molecule has 0 aliphatic carbocycles. The van der Waals surface area contributed by atoms with Crippen molar-refractivity contribution >= 4 is 68.0 Å². The lowest BCUT2D eigenvalue weighted by atomic mass is 9.90. The van der Waals surface area contributed by atoms with E-state index in [0.29, 0.717) is 0 Å². The highest BCUT2D eigenvalue weighted by molar-refractivity contribution is 6.35. The Morgan fingerprint density at radius 2 is 1.22 bits per heavy atom. The fourth-order valence-corrected chi connectivity index (χ4v) is 4.62. The fourth-order valence-electron chi connectivity index (χ4n) is 4.62. The summed E-state index contributed by atoms with van der Waals surface area (Å²) < 4.78 is 1.88. The van der Waals surface area contributed by atoms with Crippen molar-refractivity contribution in [3.8, 4) is 5.69 Å². The first kappa shape index (κ1) is 17.4. The van der Waals surface area contributed by atoms with Gasteiger partial charge in [0.25, 0.3) is 0 Å². The van der Waals surface area contributed by atoms with Gasteiger partial charge in [-0.1, -0.05) is 59.2 Å². The molecule has 7 aromatic rings. The molecule has 5 nitrogen and oxygen atoms in total. The number of nitrogens with zero attached hydrogens (tertiary/aromatic N) is 5. The topological polar surface area (TPSA) is 56.5 Å². The molecule has 0 atom stereocenters. The summed E-state index contributed by atoms with van der Waals surface area (Å²) in [4.78, 5) is 10.1. The summed E-state index contributed by atoms with van der Waals surface area (Å²) in [5.74, 6) is 0. The Balaban J connectivity index is 1.65. The Kier molecular flexibility index (Phi) is 3.44. The van der Waals surface area contributed by atoms with Gasteiger partial charge in [0, 0.05) is 10.8 Å². The van der Waals surface area contributed by atoms with Gasteiger partial charge in [-0.15, -0.1) is 5.10 Å². The number of rotatable bonds is 1. The molecule has 0 N–H and O–H groups in total. The van der Waals surface area contributed by atoms with Gasteiger partial charge < -0.3 is 0 Å². The third-order valence-electron chi connectivity index (χ3n) is 6.15. The van der Waals surface area contributed by atoms with Crippen molar-refractivity contribution in [1.82, 2.24) is 25.0 Å². The zero-order valence-electron chi connectivity index (χ0n) is 17.3. The van der Waals surface area contributed by atoms with Crippen molar-refractivity contribution in [2.24, 2.45) is 0 Å². The zero-order valence-corrected chi connectivity index (χ0v) is 17.3. The van der Waals surface area contributed by atoms with Crippen LogP contribution in [0.25, 0.3) is 60.3 Å². The van der Waals surface area contributed by atoms with Crippen LogP contribution in [0.3, 0.4) is 0 Å². The quantitative estimate of drug-likeness (QED) is 0.233. The summed E-state index contributed by atoms with van der Waals surface area (Å²) in [6, 6.07) is 29.0. The molecule has 0 saturated heterocycles. The molecule has 0 aliphatic heterocycles. The van der Waals surface area contributed by atoms with Crippen LogP contribution in [0, 0.1) is 0 Å². The van der Waals surface area contributed by atoms with Crippen LogP contribution >= 0.6 is 0 Å². The highest BCUT2D eigenvalue weighted by Crippen LogP contribution is 2.35. The Hall–Kier alpha value is -4.32. The van der Waals surface area contributed by atoms with Crippen molar-refractivity contribution in [1.29, 1.82) is 0 Å². The summed E-state index contributed by atoms with van der Waals surface area (Å²) in [5, 5.41) is 13.3. The number of hydrogen-bond donors (Lipinski definition) is 0. The molecule has 32 heavy (non-hydrogen) atoms. The van der Waals surface area contributed by atoms with Gasteiger partial charge in [-0.2, -0.15) is 0 Å². The van der Waals surface area contributed by atoms with Gasteiger partial charge in [-0.05, 0) is 47.2 Å². The van der Waals surface area contributed by atoms with Crippen molar-refractivity contribution < 1.29 is 0 Å². The average Bonchev–Trinajstić information content (AvgIpc) is 3.27. The largest absolute Gasteiger partial charge is 0.244 e. The van der Waals surface area contributed by atoms with Crippen molar-refractivity contribution in [3.63, 3.8) is 0 Å². The first-order chi connectivity index (χ1) is 15.8. The normalized spacial score (nSPS) is 11.9. The molecule has 0 spiro atoms. The number of para-hydroxylation sites is 3. The van der Waals surface area contributed by atoms with E-state index in [1.165, 1.54) is 10.8 Å². The number of hydrogen-bond acceptors (Lipinski definition) is 4. The van der Waals surface area contributed by atoms with Gasteiger partial charge in [0.15, 0.2) is 0 Å². The predicted octanol–water partition coefficient (Wildman–Crippen LogP) is 4.08. The van der Waals surface area contributed by atoms with E-state index in [4.69, 9.17) is 9.97 Å². The second-order valence-corrected chi connectivity index (χ2v) is 8.18. The lowest BCUT2D eigenvalue weighted by Crippen LogP contribution is -2.02. The summed E-state index contributed by atoms with van der Waals surface area (Å²) in [6.45, 7) is 0. The third-order valence-corrected chi connectivity index (χ3v) is 6.15. The molecule has 0 radical (unpaired) electrons. The number of aromatic nitrogens is 5. The van der Waals surface area contributed by atoms with E-state index in [1.54, 1.807) is 0 Å². The first-order valence-electron chi connectivity index (χ1n) is 10.6. The van der Waals surface area contributed by atoms with Crippen LogP contribution in [0.4, 0.5) is 0 Å². The Morgan fingerprint density at radius 3 is 1.97 bits per heavy atom. The molecule has 0 unspecified atom stereocenters. The van der Waals surface area contributed by atoms with Crippen molar-refractivity contribution in [3.05, 3.63) is 84.9 Å². The molecule has 0 amide bonds. The van der Waals surface area contributed by atoms with Crippen LogP contribution in [0.15, 0.2) is 84.9 Å². The molecule has 0 bridgehead atoms. The summed E-state index contributed by atoms with van der Waals surface area (Å²) in [5.41, 5.74) is 7.64. The summed E-state index contributed by atoms with van der Waals surface area (Å²) >= 11 is 0. The lowest BCUT2D eigenvalue weighted by molar-refractivity contribution is 0.825. The predicted molar refractivity (Wildman–Crippen MR) is 133 cm³/mol. The van der Waals surface area contributed by atoms with Gasteiger partial charge >= 0.3 is 0 Å². The van der Waals surface area contributed by atoms with Gasteiger partial charge in [-0.25, -0.2) is 14.6 Å². The van der Waals surface area contributed by atoms with Gasteiger partial charge in [-0.3, -0.25) is 0 Å². The third kappa shape index (κ3) is 2.40. The van der Waals surface area contributed by atoms with Crippen molar-refractivity contribution in [2.45, 2.75) is 0 Å². The van der Waals surface area contributed by atoms with Crippen LogP contribution in [0.5, 0.6) is 0 Å². The second kappa shape index (κ2) is 6.34. The molecule has 148 valence electrons. The van der Waals surface area contributed by atoms with E-state index < -0.39 is 0 Å². The van der Waals surface area contributed by atoms with Gasteiger partial charge in [0.1, 0.15) is 13.4 Å². The highest BCUT2D eigenvalue weighted by atomic mass is 15.4. The molecular formula is C26H16BN5. The molecule has 2 aromatic heterocycles. The van der Waals surface area contributed by atoms with Gasteiger partial charge in [0.05, 0.1) is 33.3 Å². The van der Waals surface area contributed by atoms with Gasteiger partial charge in [0.2, 0.25) is 0 Å². The lowest BCUT2D eigenvalue weighted by Gasteiger charge is -2.12. The van der Waals surface area contributed by atoms with E-state index in [0.717, 1.165) is 54.9 Å². The van der Waals surface area contributed by atoms with Crippen LogP contribution in [0.1, 0.15) is 0 Å². The summed E-state index contributed by atoms with van der Waals surface area (Å²) in [6.07, 6.45) is 0. The minimum atomic E-state index is 0.872. The van der Waals surface area contributed by atoms with E-state index in [2.05, 4.69) is 54.6 Å². The maximum Gasteiger partial charge on any atom is 0.139 e. The van der Waals surface area contributed by atoms with Crippen LogP contribution < -0.4 is 5.46 Å². The number of benzene rings is 5. The highest BCUT2D eigenvalue weighted by Gasteiger charge is 2.14. The van der Waals surface area contributed by atoms with Crippen LogP contribution in [0.2, 0.25) is 0 Å². The molecule has 0 aliphatic rings. The standard InChI is InChI=1S/C26H16BN5/c27-15-9-11-17-18-12-10-16(32-24-8-4-3-7-23(24)30-31-32)14-20(18)26-25(19(17)13-15)28-21-5-1-2-6-22(21)29-26/h1-14H,27H2. The maximum atomic E-state index is 5.06. The Labute approximate surface area is 183 Å². The molecular weight excluding hydrogens is 393 g/mol. The fraction of sp³-hybridized carbons (Fsp3) is 0.